The molecule has 0 amide bonds. The van der Waals surface area contributed by atoms with E-state index in [0.29, 0.717) is 13.2 Å². The van der Waals surface area contributed by atoms with Crippen LogP contribution in [0.15, 0.2) is 23.2 Å². The number of rotatable bonds is 8. The molecule has 1 atom stereocenters. The molecule has 7 nitrogen and oxygen atoms in total. The van der Waals surface area contributed by atoms with Crippen LogP contribution in [0.4, 0.5) is 0 Å². The van der Waals surface area contributed by atoms with E-state index in [1.165, 1.54) is 31.5 Å². The molecule has 1 aromatic rings. The summed E-state index contributed by atoms with van der Waals surface area (Å²) in [4.78, 5) is 7.16. The summed E-state index contributed by atoms with van der Waals surface area (Å²) in [6.07, 6.45) is 7.19. The van der Waals surface area contributed by atoms with Gasteiger partial charge in [0, 0.05) is 51.1 Å². The molecule has 0 aliphatic carbocycles. The summed E-state index contributed by atoms with van der Waals surface area (Å²) in [7, 11) is 1.84. The van der Waals surface area contributed by atoms with E-state index in [2.05, 4.69) is 45.6 Å². The third-order valence-corrected chi connectivity index (χ3v) is 7.13. The molecule has 0 aromatic heterocycles. The average molecular weight is 573 g/mol. The lowest BCUT2D eigenvalue weighted by molar-refractivity contribution is -0.0164. The van der Waals surface area contributed by atoms with Gasteiger partial charge in [0.05, 0.1) is 6.10 Å². The van der Waals surface area contributed by atoms with E-state index in [1.807, 2.05) is 7.05 Å². The smallest absolute Gasteiger partial charge is 0.191 e. The number of guanidine groups is 1. The number of nitrogens with zero attached hydrogens (tertiary/aromatic N) is 2. The van der Waals surface area contributed by atoms with Crippen LogP contribution in [0.1, 0.15) is 49.7 Å². The van der Waals surface area contributed by atoms with E-state index in [9.17, 15) is 0 Å². The molecule has 1 aromatic carbocycles. The zero-order valence-corrected chi connectivity index (χ0v) is 22.6. The number of likely N-dealkylation sites (tertiary alicyclic amines) is 1. The Labute approximate surface area is 216 Å². The zero-order chi connectivity index (χ0) is 22.2. The predicted molar refractivity (Wildman–Crippen MR) is 143 cm³/mol. The van der Waals surface area contributed by atoms with Crippen LogP contribution >= 0.6 is 24.0 Å². The Morgan fingerprint density at radius 3 is 2.64 bits per heavy atom. The lowest BCUT2D eigenvalue weighted by atomic mass is 9.88. The number of halogens is 1. The largest absolute Gasteiger partial charge is 0.491 e. The minimum Gasteiger partial charge on any atom is -0.491 e. The summed E-state index contributed by atoms with van der Waals surface area (Å²) < 4.78 is 17.6. The van der Waals surface area contributed by atoms with Crippen LogP contribution in [0.3, 0.4) is 0 Å². The summed E-state index contributed by atoms with van der Waals surface area (Å²) in [6, 6.07) is 6.40. The van der Waals surface area contributed by atoms with Crippen LogP contribution in [0.5, 0.6) is 5.75 Å². The number of hydrogen-bond acceptors (Lipinski definition) is 5. The SMILES string of the molecule is CN=C(NCc1ccc(C)cc1OCC1CCCO1)NCC1(N2CCCC2)CCOCC1.I. The second kappa shape index (κ2) is 13.1. The maximum Gasteiger partial charge on any atom is 0.191 e. The summed E-state index contributed by atoms with van der Waals surface area (Å²) in [5.41, 5.74) is 2.51. The molecule has 1 unspecified atom stereocenters. The third-order valence-electron chi connectivity index (χ3n) is 7.13. The zero-order valence-electron chi connectivity index (χ0n) is 20.2. The highest BCUT2D eigenvalue weighted by atomic mass is 127. The fourth-order valence-electron chi connectivity index (χ4n) is 5.10. The van der Waals surface area contributed by atoms with Crippen molar-refractivity contribution >= 4 is 29.9 Å². The number of benzene rings is 1. The lowest BCUT2D eigenvalue weighted by Gasteiger charge is -2.45. The van der Waals surface area contributed by atoms with Crippen LogP contribution in [-0.4, -0.2) is 75.6 Å². The van der Waals surface area contributed by atoms with Crippen molar-refractivity contribution in [3.8, 4) is 5.75 Å². The minimum atomic E-state index is 0. The van der Waals surface area contributed by atoms with Gasteiger partial charge in [0.2, 0.25) is 0 Å². The van der Waals surface area contributed by atoms with Crippen LogP contribution < -0.4 is 15.4 Å². The fraction of sp³-hybridized carbons (Fsp3) is 0.720. The van der Waals surface area contributed by atoms with Gasteiger partial charge in [0.15, 0.2) is 5.96 Å². The molecule has 186 valence electrons. The number of nitrogens with one attached hydrogen (secondary N) is 2. The van der Waals surface area contributed by atoms with Crippen molar-refractivity contribution in [3.63, 3.8) is 0 Å². The monoisotopic (exact) mass is 572 g/mol. The summed E-state index contributed by atoms with van der Waals surface area (Å²) in [5.74, 6) is 1.77. The van der Waals surface area contributed by atoms with Crippen molar-refractivity contribution in [2.45, 2.75) is 63.6 Å². The first-order valence-corrected chi connectivity index (χ1v) is 12.3. The highest BCUT2D eigenvalue weighted by Crippen LogP contribution is 2.30. The normalized spacial score (nSPS) is 23.2. The first-order valence-electron chi connectivity index (χ1n) is 12.3. The third kappa shape index (κ3) is 7.19. The number of aryl methyl sites for hydroxylation is 1. The molecule has 3 aliphatic rings. The Morgan fingerprint density at radius 2 is 1.94 bits per heavy atom. The molecule has 3 aliphatic heterocycles. The van der Waals surface area contributed by atoms with Gasteiger partial charge in [0.25, 0.3) is 0 Å². The standard InChI is InChI=1S/C25H40N4O3.HI/c1-20-7-8-21(23(16-20)32-18-22-6-5-13-31-22)17-27-24(26-2)28-19-25(9-14-30-15-10-25)29-11-3-4-12-29;/h7-8,16,22H,3-6,9-15,17-19H2,1-2H3,(H2,26,27,28);1H. The van der Waals surface area contributed by atoms with Crippen LogP contribution in [0, 0.1) is 6.92 Å². The topological polar surface area (TPSA) is 67.4 Å². The molecule has 8 heteroatoms. The molecule has 0 radical (unpaired) electrons. The van der Waals surface area contributed by atoms with E-state index in [4.69, 9.17) is 14.2 Å². The van der Waals surface area contributed by atoms with E-state index in [0.717, 1.165) is 69.3 Å². The molecule has 2 N–H and O–H groups in total. The quantitative estimate of drug-likeness (QED) is 0.283. The van der Waals surface area contributed by atoms with Gasteiger partial charge in [-0.3, -0.25) is 9.89 Å². The summed E-state index contributed by atoms with van der Waals surface area (Å²) in [6.45, 7) is 9.21. The van der Waals surface area contributed by atoms with Crippen LogP contribution in [0.2, 0.25) is 0 Å². The van der Waals surface area contributed by atoms with Gasteiger partial charge in [-0.2, -0.15) is 0 Å². The Hall–Kier alpha value is -1.10. The molecule has 3 heterocycles. The molecule has 3 fully saturated rings. The van der Waals surface area contributed by atoms with E-state index in [-0.39, 0.29) is 35.6 Å². The van der Waals surface area contributed by atoms with E-state index in [1.54, 1.807) is 0 Å². The molecule has 0 spiro atoms. The van der Waals surface area contributed by atoms with Crippen molar-refractivity contribution in [3.05, 3.63) is 29.3 Å². The molecule has 0 saturated carbocycles. The van der Waals surface area contributed by atoms with Gasteiger partial charge in [0.1, 0.15) is 12.4 Å². The molecule has 0 bridgehead atoms. The Balaban J connectivity index is 0.00000306. The maximum atomic E-state index is 6.16. The van der Waals surface area contributed by atoms with Gasteiger partial charge in [-0.15, -0.1) is 24.0 Å². The lowest BCUT2D eigenvalue weighted by Crippen LogP contribution is -2.58. The van der Waals surface area contributed by atoms with Gasteiger partial charge in [-0.25, -0.2) is 0 Å². The molecule has 3 saturated heterocycles. The summed E-state index contributed by atoms with van der Waals surface area (Å²) >= 11 is 0. The maximum absolute atomic E-state index is 6.16. The predicted octanol–water partition coefficient (Wildman–Crippen LogP) is 3.48. The molecule has 4 rings (SSSR count). The van der Waals surface area contributed by atoms with Gasteiger partial charge in [-0.05, 0) is 70.2 Å². The van der Waals surface area contributed by atoms with Gasteiger partial charge < -0.3 is 24.8 Å². The van der Waals surface area contributed by atoms with Gasteiger partial charge >= 0.3 is 0 Å². The van der Waals surface area contributed by atoms with Crippen molar-refractivity contribution in [2.24, 2.45) is 4.99 Å². The van der Waals surface area contributed by atoms with E-state index >= 15 is 0 Å². The minimum absolute atomic E-state index is 0. The van der Waals surface area contributed by atoms with Crippen molar-refractivity contribution in [1.29, 1.82) is 0 Å². The first-order chi connectivity index (χ1) is 15.7. The Morgan fingerprint density at radius 1 is 1.15 bits per heavy atom. The van der Waals surface area contributed by atoms with Gasteiger partial charge in [-0.1, -0.05) is 12.1 Å². The fourth-order valence-corrected chi connectivity index (χ4v) is 5.10. The molecular weight excluding hydrogens is 531 g/mol. The highest BCUT2D eigenvalue weighted by molar-refractivity contribution is 14.0. The highest BCUT2D eigenvalue weighted by Gasteiger charge is 2.39. The number of hydrogen-bond donors (Lipinski definition) is 2. The average Bonchev–Trinajstić information content (AvgIpc) is 3.54. The second-order valence-corrected chi connectivity index (χ2v) is 9.37. The van der Waals surface area contributed by atoms with E-state index < -0.39 is 0 Å². The van der Waals surface area contributed by atoms with Crippen LogP contribution in [0.25, 0.3) is 0 Å². The van der Waals surface area contributed by atoms with Crippen LogP contribution in [-0.2, 0) is 16.0 Å². The molecule has 33 heavy (non-hydrogen) atoms. The second-order valence-electron chi connectivity index (χ2n) is 9.37. The molecular formula is C25H41IN4O3. The Kier molecular flexibility index (Phi) is 10.5. The first kappa shape index (κ1) is 26.5. The number of aliphatic imine (C=N–C) groups is 1. The number of ether oxygens (including phenoxy) is 3. The van der Waals surface area contributed by atoms with Crippen molar-refractivity contribution in [2.75, 3.05) is 53.1 Å². The van der Waals surface area contributed by atoms with Crippen molar-refractivity contribution < 1.29 is 14.2 Å². The van der Waals surface area contributed by atoms with Crippen molar-refractivity contribution in [1.82, 2.24) is 15.5 Å². The summed E-state index contributed by atoms with van der Waals surface area (Å²) in [5, 5.41) is 7.11. The Bertz CT molecular complexity index is 758.